The largest absolute Gasteiger partial charge is 0.493 e. The van der Waals surface area contributed by atoms with Crippen LogP contribution in [0, 0.1) is 0 Å². The molecule has 3 aromatic carbocycles. The van der Waals surface area contributed by atoms with E-state index < -0.39 is 11.5 Å². The molecule has 9 nitrogen and oxygen atoms in total. The van der Waals surface area contributed by atoms with Gasteiger partial charge in [0.15, 0.2) is 5.78 Å². The molecule has 1 saturated heterocycles. The Hall–Kier alpha value is -4.18. The number of hydrogen-bond donors (Lipinski definition) is 1. The topological polar surface area (TPSA) is 121 Å². The molecule has 0 aliphatic carbocycles. The van der Waals surface area contributed by atoms with Crippen LogP contribution in [0.3, 0.4) is 0 Å². The van der Waals surface area contributed by atoms with Crippen molar-refractivity contribution in [3.8, 4) is 39.6 Å². The maximum Gasteiger partial charge on any atom is 0.254 e. The number of ketones is 1. The summed E-state index contributed by atoms with van der Waals surface area (Å²) in [6, 6.07) is 22.2. The zero-order valence-corrected chi connectivity index (χ0v) is 28.4. The summed E-state index contributed by atoms with van der Waals surface area (Å²) in [6.45, 7) is 5.62. The molecule has 2 amide bonds. The molecular weight excluding hydrogens is 593 g/mol. The first-order valence-electron chi connectivity index (χ1n) is 15.2. The molecule has 4 aromatic rings. The van der Waals surface area contributed by atoms with E-state index in [0.29, 0.717) is 78.8 Å². The number of amides is 2. The van der Waals surface area contributed by atoms with Gasteiger partial charge in [0, 0.05) is 72.8 Å². The standard InChI is InChI=1S/C36H35N3O6.Na/c1-3-43-31-19-26(20-32(44-4-2)33(31)23-8-6-5-7-9-23)35(42)39-16-14-36(15-17-39)21-29(40)27-18-24(11-13-30(27)45-36)28-12-10-25(22-38-28)34(37)41;/h5-13,18-20,22H,3-4,14-17,21H2,1-2H3,(H2,37,41);. The zero-order valence-electron chi connectivity index (χ0n) is 26.4. The van der Waals surface area contributed by atoms with Crippen LogP contribution in [0.5, 0.6) is 17.2 Å². The number of Topliss-reactive ketones (excluding diaryl/α,β-unsaturated/α-hetero) is 1. The molecule has 3 heterocycles. The van der Waals surface area contributed by atoms with Crippen molar-refractivity contribution in [3.63, 3.8) is 0 Å². The van der Waals surface area contributed by atoms with E-state index in [0.717, 1.165) is 16.7 Å². The van der Waals surface area contributed by atoms with E-state index in [1.54, 1.807) is 36.4 Å². The van der Waals surface area contributed by atoms with E-state index in [-0.39, 0.29) is 47.7 Å². The molecule has 0 atom stereocenters. The van der Waals surface area contributed by atoms with Gasteiger partial charge in [-0.05, 0) is 61.9 Å². The average molecular weight is 629 g/mol. The number of rotatable bonds is 8. The summed E-state index contributed by atoms with van der Waals surface area (Å²) in [7, 11) is 0. The van der Waals surface area contributed by atoms with Gasteiger partial charge in [0.25, 0.3) is 5.91 Å². The van der Waals surface area contributed by atoms with Crippen LogP contribution >= 0.6 is 0 Å². The Kier molecular flexibility index (Phi) is 10.2. The predicted octanol–water partition coefficient (Wildman–Crippen LogP) is 5.57. The fraction of sp³-hybridized carbons (Fsp3) is 0.278. The molecule has 0 unspecified atom stereocenters. The summed E-state index contributed by atoms with van der Waals surface area (Å²) in [5, 5.41) is 0. The number of aromatic nitrogens is 1. The van der Waals surface area contributed by atoms with Gasteiger partial charge < -0.3 is 24.8 Å². The number of benzene rings is 3. The first-order chi connectivity index (χ1) is 21.8. The first-order valence-corrected chi connectivity index (χ1v) is 15.2. The van der Waals surface area contributed by atoms with Crippen LogP contribution in [0.4, 0.5) is 0 Å². The number of pyridine rings is 1. The van der Waals surface area contributed by atoms with Gasteiger partial charge in [-0.15, -0.1) is 0 Å². The normalized spacial score (nSPS) is 14.9. The van der Waals surface area contributed by atoms with Gasteiger partial charge in [0.2, 0.25) is 5.91 Å². The molecule has 0 saturated carbocycles. The van der Waals surface area contributed by atoms with Crippen LogP contribution in [-0.2, 0) is 0 Å². The Morgan fingerprint density at radius 2 is 1.57 bits per heavy atom. The van der Waals surface area contributed by atoms with Gasteiger partial charge in [-0.25, -0.2) is 0 Å². The molecule has 2 N–H and O–H groups in total. The second-order valence-electron chi connectivity index (χ2n) is 11.3. The molecule has 1 radical (unpaired) electrons. The van der Waals surface area contributed by atoms with Gasteiger partial charge in [0.05, 0.1) is 42.0 Å². The Balaban J connectivity index is 0.00000417. The number of piperidine rings is 1. The Bertz CT molecular complexity index is 1720. The van der Waals surface area contributed by atoms with E-state index in [1.807, 2.05) is 55.1 Å². The molecular formula is C36H35N3NaO6. The van der Waals surface area contributed by atoms with Crippen molar-refractivity contribution in [2.24, 2.45) is 5.73 Å². The minimum Gasteiger partial charge on any atom is -0.493 e. The third kappa shape index (κ3) is 6.67. The van der Waals surface area contributed by atoms with Crippen LogP contribution in [0.2, 0.25) is 0 Å². The molecule has 231 valence electrons. The number of carbonyl (C=O) groups is 3. The van der Waals surface area contributed by atoms with Crippen molar-refractivity contribution >= 4 is 47.2 Å². The number of nitrogens with zero attached hydrogens (tertiary/aromatic N) is 2. The fourth-order valence-electron chi connectivity index (χ4n) is 6.08. The van der Waals surface area contributed by atoms with Gasteiger partial charge in [-0.3, -0.25) is 19.4 Å². The minimum atomic E-state index is -0.673. The number of nitrogens with two attached hydrogens (primary N) is 1. The fourth-order valence-corrected chi connectivity index (χ4v) is 6.08. The van der Waals surface area contributed by atoms with E-state index >= 15 is 0 Å². The Morgan fingerprint density at radius 3 is 2.15 bits per heavy atom. The quantitative estimate of drug-likeness (QED) is 0.253. The van der Waals surface area contributed by atoms with Crippen LogP contribution in [-0.4, -0.2) is 88.9 Å². The van der Waals surface area contributed by atoms with Crippen LogP contribution in [0.25, 0.3) is 22.4 Å². The SMILES string of the molecule is CCOc1cc(C(=O)N2CCC3(CC2)CC(=O)c2cc(-c4ccc(C(N)=O)cn4)ccc2O3)cc(OCC)c1-c1ccccc1.[Na]. The summed E-state index contributed by atoms with van der Waals surface area (Å²) >= 11 is 0. The van der Waals surface area contributed by atoms with Gasteiger partial charge in [-0.2, -0.15) is 0 Å². The van der Waals surface area contributed by atoms with Crippen molar-refractivity contribution in [1.29, 1.82) is 0 Å². The number of carbonyl (C=O) groups excluding carboxylic acids is 3. The number of primary amides is 1. The van der Waals surface area contributed by atoms with Gasteiger partial charge >= 0.3 is 0 Å². The van der Waals surface area contributed by atoms with Crippen molar-refractivity contribution in [2.75, 3.05) is 26.3 Å². The second-order valence-corrected chi connectivity index (χ2v) is 11.3. The van der Waals surface area contributed by atoms with Gasteiger partial charge in [-0.1, -0.05) is 30.3 Å². The predicted molar refractivity (Wildman–Crippen MR) is 176 cm³/mol. The third-order valence-electron chi connectivity index (χ3n) is 8.37. The summed E-state index contributed by atoms with van der Waals surface area (Å²) in [4.78, 5) is 44.7. The molecule has 46 heavy (non-hydrogen) atoms. The second kappa shape index (κ2) is 14.1. The molecule has 10 heteroatoms. The molecule has 6 rings (SSSR count). The number of likely N-dealkylation sites (tertiary alicyclic amines) is 1. The molecule has 1 spiro atoms. The summed E-state index contributed by atoms with van der Waals surface area (Å²) in [5.41, 5.74) is 9.10. The molecule has 0 bridgehead atoms. The van der Waals surface area contributed by atoms with Crippen molar-refractivity contribution < 1.29 is 28.6 Å². The third-order valence-corrected chi connectivity index (χ3v) is 8.37. The summed E-state index contributed by atoms with van der Waals surface area (Å²) in [5.74, 6) is 1.06. The minimum absolute atomic E-state index is 0. The average Bonchev–Trinajstić information content (AvgIpc) is 3.05. The summed E-state index contributed by atoms with van der Waals surface area (Å²) in [6.07, 6.45) is 2.71. The maximum atomic E-state index is 13.8. The van der Waals surface area contributed by atoms with E-state index in [1.165, 1.54) is 6.20 Å². The van der Waals surface area contributed by atoms with E-state index in [2.05, 4.69) is 4.98 Å². The molecule has 1 fully saturated rings. The maximum absolute atomic E-state index is 13.8. The van der Waals surface area contributed by atoms with Crippen molar-refractivity contribution in [2.45, 2.75) is 38.7 Å². The van der Waals surface area contributed by atoms with Crippen molar-refractivity contribution in [3.05, 3.63) is 95.7 Å². The molecule has 1 aromatic heterocycles. The smallest absolute Gasteiger partial charge is 0.254 e. The Labute approximate surface area is 290 Å². The number of fused-ring (bicyclic) bond motifs is 1. The molecule has 2 aliphatic heterocycles. The van der Waals surface area contributed by atoms with Crippen LogP contribution in [0.1, 0.15) is 64.2 Å². The van der Waals surface area contributed by atoms with E-state index in [4.69, 9.17) is 19.9 Å². The summed E-state index contributed by atoms with van der Waals surface area (Å²) < 4.78 is 18.5. The number of ether oxygens (including phenoxy) is 3. The Morgan fingerprint density at radius 1 is 0.891 bits per heavy atom. The first kappa shape index (κ1) is 33.2. The van der Waals surface area contributed by atoms with E-state index in [9.17, 15) is 14.4 Å². The number of hydrogen-bond acceptors (Lipinski definition) is 7. The van der Waals surface area contributed by atoms with Crippen LogP contribution in [0.15, 0.2) is 79.0 Å². The van der Waals surface area contributed by atoms with Gasteiger partial charge in [0.1, 0.15) is 22.8 Å². The molecule has 2 aliphatic rings. The monoisotopic (exact) mass is 628 g/mol. The van der Waals surface area contributed by atoms with Crippen LogP contribution < -0.4 is 19.9 Å². The zero-order chi connectivity index (χ0) is 31.6. The van der Waals surface area contributed by atoms with Crippen molar-refractivity contribution in [1.82, 2.24) is 9.88 Å².